The van der Waals surface area contributed by atoms with Gasteiger partial charge in [-0.3, -0.25) is 0 Å². The van der Waals surface area contributed by atoms with E-state index < -0.39 is 33.5 Å². The average molecular weight is 662 g/mol. The van der Waals surface area contributed by atoms with E-state index in [1.807, 2.05) is 109 Å². The van der Waals surface area contributed by atoms with Gasteiger partial charge in [-0.1, -0.05) is 84.9 Å². The van der Waals surface area contributed by atoms with Crippen LogP contribution in [0.25, 0.3) is 22.3 Å². The molecule has 0 fully saturated rings. The lowest BCUT2D eigenvalue weighted by atomic mass is 9.77. The fraction of sp³-hybridized carbons (Fsp3) is 0.318. The predicted molar refractivity (Wildman–Crippen MR) is 194 cm³/mol. The molecule has 0 saturated heterocycles. The summed E-state index contributed by atoms with van der Waals surface area (Å²) >= 11 is 0. The van der Waals surface area contributed by atoms with Crippen molar-refractivity contribution in [3.63, 3.8) is 0 Å². The molecule has 0 heterocycles. The van der Waals surface area contributed by atoms with E-state index in [2.05, 4.69) is 11.0 Å². The van der Waals surface area contributed by atoms with Crippen LogP contribution in [0.15, 0.2) is 115 Å². The number of anilines is 3. The van der Waals surface area contributed by atoms with Gasteiger partial charge in [0.25, 0.3) is 11.8 Å². The van der Waals surface area contributed by atoms with Gasteiger partial charge >= 0.3 is 0 Å². The van der Waals surface area contributed by atoms with Crippen LogP contribution >= 0.6 is 0 Å². The topological polar surface area (TPSA) is 3.24 Å². The Hall–Kier alpha value is -4.38. The number of fused-ring (bicyclic) bond motifs is 2. The van der Waals surface area contributed by atoms with Crippen molar-refractivity contribution in [1.82, 2.24) is 0 Å². The van der Waals surface area contributed by atoms with Crippen LogP contribution in [-0.4, -0.2) is 11.8 Å². The molecule has 5 aromatic rings. The Kier molecular flexibility index (Phi) is 7.14. The van der Waals surface area contributed by atoms with Gasteiger partial charge in [-0.15, -0.1) is 0 Å². The van der Waals surface area contributed by atoms with Gasteiger partial charge in [-0.05, 0) is 125 Å². The fourth-order valence-corrected chi connectivity index (χ4v) is 8.52. The van der Waals surface area contributed by atoms with Crippen LogP contribution in [0.2, 0.25) is 0 Å². The number of rotatable bonds is 5. The largest absolute Gasteiger partial charge is 0.310 e. The SMILES string of the molecule is CC1(C)c2ccc(-c3ccc(-c4ccc5c(c4)C(C)(C)C(F)(F)C5(C)C)c(N(c4ccccc4)c4ccccc4)c3)cc2C(C)(C)C1(F)F. The maximum Gasteiger partial charge on any atom is 0.266 e. The molecule has 252 valence electrons. The number of benzene rings is 5. The van der Waals surface area contributed by atoms with Crippen LogP contribution in [0.3, 0.4) is 0 Å². The minimum atomic E-state index is -2.94. The van der Waals surface area contributed by atoms with Crippen LogP contribution in [0.4, 0.5) is 34.6 Å². The maximum atomic E-state index is 15.9. The van der Waals surface area contributed by atoms with Gasteiger partial charge in [-0.2, -0.15) is 0 Å². The van der Waals surface area contributed by atoms with Gasteiger partial charge in [0, 0.05) is 16.9 Å². The molecule has 0 N–H and O–H groups in total. The van der Waals surface area contributed by atoms with Crippen molar-refractivity contribution in [2.24, 2.45) is 0 Å². The van der Waals surface area contributed by atoms with Gasteiger partial charge < -0.3 is 4.90 Å². The summed E-state index contributed by atoms with van der Waals surface area (Å²) in [6, 6.07) is 37.7. The van der Waals surface area contributed by atoms with E-state index in [4.69, 9.17) is 0 Å². The summed E-state index contributed by atoms with van der Waals surface area (Å²) in [5.41, 5.74) is 3.40. The summed E-state index contributed by atoms with van der Waals surface area (Å²) < 4.78 is 63.4. The molecule has 5 heteroatoms. The minimum Gasteiger partial charge on any atom is -0.310 e. The van der Waals surface area contributed by atoms with Gasteiger partial charge in [0.15, 0.2) is 0 Å². The number of hydrogen-bond acceptors (Lipinski definition) is 1. The van der Waals surface area contributed by atoms with E-state index in [0.717, 1.165) is 39.3 Å². The van der Waals surface area contributed by atoms with Crippen molar-refractivity contribution in [3.05, 3.63) is 138 Å². The third-order valence-electron chi connectivity index (χ3n) is 11.8. The lowest BCUT2D eigenvalue weighted by Gasteiger charge is -2.35. The summed E-state index contributed by atoms with van der Waals surface area (Å²) in [5.74, 6) is -5.87. The highest BCUT2D eigenvalue weighted by Gasteiger charge is 2.66. The first kappa shape index (κ1) is 33.1. The normalized spacial score (nSPS) is 20.0. The standard InChI is InChI=1S/C44H43F4N/c1-39(2)34-23-20-28(25-36(34)41(5,6)43(39,45)46)29-19-22-33(30-21-24-35-37(26-30)42(7,8)44(47,48)40(35,3)4)38(27-29)49(31-15-11-9-12-16-31)32-17-13-10-14-18-32/h9-27H,1-8H3. The van der Waals surface area contributed by atoms with E-state index in [1.165, 1.54) is 0 Å². The molecule has 0 saturated carbocycles. The highest BCUT2D eigenvalue weighted by atomic mass is 19.3. The molecule has 0 atom stereocenters. The molecule has 0 radical (unpaired) electrons. The molecule has 0 bridgehead atoms. The number of nitrogens with zero attached hydrogens (tertiary/aromatic N) is 1. The number of para-hydroxylation sites is 2. The molecule has 0 spiro atoms. The Morgan fingerprint density at radius 1 is 0.388 bits per heavy atom. The summed E-state index contributed by atoms with van der Waals surface area (Å²) in [7, 11) is 0. The molecular weight excluding hydrogens is 618 g/mol. The Labute approximate surface area is 287 Å². The van der Waals surface area contributed by atoms with E-state index in [0.29, 0.717) is 22.3 Å². The Bertz CT molecular complexity index is 2030. The molecule has 49 heavy (non-hydrogen) atoms. The maximum absolute atomic E-state index is 15.9. The zero-order chi connectivity index (χ0) is 35.4. The average Bonchev–Trinajstić information content (AvgIpc) is 3.25. The van der Waals surface area contributed by atoms with E-state index >= 15 is 17.6 Å². The van der Waals surface area contributed by atoms with Gasteiger partial charge in [0.2, 0.25) is 0 Å². The van der Waals surface area contributed by atoms with E-state index in [1.54, 1.807) is 55.4 Å². The first-order valence-electron chi connectivity index (χ1n) is 17.0. The molecule has 2 aliphatic carbocycles. The fourth-order valence-electron chi connectivity index (χ4n) is 8.52. The number of hydrogen-bond donors (Lipinski definition) is 0. The van der Waals surface area contributed by atoms with E-state index in [9.17, 15) is 0 Å². The summed E-state index contributed by atoms with van der Waals surface area (Å²) in [4.78, 5) is 2.17. The molecule has 0 amide bonds. The first-order chi connectivity index (χ1) is 22.9. The van der Waals surface area contributed by atoms with Crippen LogP contribution in [-0.2, 0) is 21.7 Å². The van der Waals surface area contributed by atoms with Gasteiger partial charge in [0.05, 0.1) is 27.3 Å². The predicted octanol–water partition coefficient (Wildman–Crippen LogP) is 12.9. The second kappa shape index (κ2) is 10.6. The molecule has 2 aliphatic rings. The molecule has 0 unspecified atom stereocenters. The summed E-state index contributed by atoms with van der Waals surface area (Å²) in [5, 5.41) is 0. The van der Waals surface area contributed by atoms with Crippen molar-refractivity contribution in [3.8, 4) is 22.3 Å². The monoisotopic (exact) mass is 661 g/mol. The smallest absolute Gasteiger partial charge is 0.266 e. The lowest BCUT2D eigenvalue weighted by Crippen LogP contribution is -2.46. The van der Waals surface area contributed by atoms with Crippen molar-refractivity contribution in [2.75, 3.05) is 4.90 Å². The van der Waals surface area contributed by atoms with Crippen LogP contribution in [0.5, 0.6) is 0 Å². The first-order valence-corrected chi connectivity index (χ1v) is 17.0. The van der Waals surface area contributed by atoms with Crippen molar-refractivity contribution in [2.45, 2.75) is 88.9 Å². The van der Waals surface area contributed by atoms with Crippen molar-refractivity contribution < 1.29 is 17.6 Å². The summed E-state index contributed by atoms with van der Waals surface area (Å²) in [6.45, 7) is 13.0. The highest BCUT2D eigenvalue weighted by Crippen LogP contribution is 2.61. The summed E-state index contributed by atoms with van der Waals surface area (Å²) in [6.07, 6.45) is 0. The molecule has 5 aromatic carbocycles. The van der Waals surface area contributed by atoms with Crippen LogP contribution in [0, 0.1) is 0 Å². The van der Waals surface area contributed by atoms with E-state index in [-0.39, 0.29) is 0 Å². The van der Waals surface area contributed by atoms with Crippen LogP contribution < -0.4 is 4.90 Å². The van der Waals surface area contributed by atoms with Gasteiger partial charge in [0.1, 0.15) is 0 Å². The molecule has 7 rings (SSSR count). The van der Waals surface area contributed by atoms with Crippen molar-refractivity contribution >= 4 is 17.1 Å². The second-order valence-electron chi connectivity index (χ2n) is 15.9. The zero-order valence-corrected chi connectivity index (χ0v) is 29.4. The molecular formula is C44H43F4N. The quantitative estimate of drug-likeness (QED) is 0.169. The minimum absolute atomic E-state index is 0.644. The zero-order valence-electron chi connectivity index (χ0n) is 29.4. The van der Waals surface area contributed by atoms with Crippen molar-refractivity contribution in [1.29, 1.82) is 0 Å². The Morgan fingerprint density at radius 2 is 0.755 bits per heavy atom. The number of alkyl halides is 4. The van der Waals surface area contributed by atoms with Gasteiger partial charge in [-0.25, -0.2) is 17.6 Å². The third-order valence-corrected chi connectivity index (χ3v) is 11.8. The second-order valence-corrected chi connectivity index (χ2v) is 15.9. The molecule has 0 aliphatic heterocycles. The number of halogens is 4. The third kappa shape index (κ3) is 4.43. The highest BCUT2D eigenvalue weighted by molar-refractivity contribution is 5.91. The Balaban J connectivity index is 1.47. The molecule has 1 nitrogen and oxygen atoms in total. The lowest BCUT2D eigenvalue weighted by molar-refractivity contribution is -0.105. The van der Waals surface area contributed by atoms with Crippen LogP contribution in [0.1, 0.15) is 77.6 Å². The Morgan fingerprint density at radius 3 is 1.22 bits per heavy atom. The molecule has 0 aromatic heterocycles.